The van der Waals surface area contributed by atoms with Gasteiger partial charge in [-0.3, -0.25) is 14.5 Å². The quantitative estimate of drug-likeness (QED) is 0.673. The van der Waals surface area contributed by atoms with Crippen LogP contribution in [-0.4, -0.2) is 49.1 Å². The van der Waals surface area contributed by atoms with E-state index in [-0.39, 0.29) is 36.8 Å². The first-order valence-corrected chi connectivity index (χ1v) is 10.1. The average Bonchev–Trinajstić information content (AvgIpc) is 3.36. The number of halogens is 1. The highest BCUT2D eigenvalue weighted by molar-refractivity contribution is 7.09. The first-order valence-electron chi connectivity index (χ1n) is 9.27. The third kappa shape index (κ3) is 6.70. The summed E-state index contributed by atoms with van der Waals surface area (Å²) < 4.78 is 18.6. The molecule has 1 aromatic carbocycles. The molecule has 8 heteroatoms. The molecule has 28 heavy (non-hydrogen) atoms. The summed E-state index contributed by atoms with van der Waals surface area (Å²) in [5.41, 5.74) is 0.485. The van der Waals surface area contributed by atoms with Crippen LogP contribution in [0.25, 0.3) is 0 Å². The fraction of sp³-hybridized carbons (Fsp3) is 0.400. The minimum absolute atomic E-state index is 0.136. The molecule has 150 valence electrons. The number of thiophene rings is 1. The van der Waals surface area contributed by atoms with Gasteiger partial charge in [0, 0.05) is 30.3 Å². The molecule has 1 aliphatic rings. The van der Waals surface area contributed by atoms with E-state index in [1.54, 1.807) is 11.3 Å². The van der Waals surface area contributed by atoms with Crippen molar-refractivity contribution < 1.29 is 18.7 Å². The Morgan fingerprint density at radius 3 is 2.71 bits per heavy atom. The van der Waals surface area contributed by atoms with Crippen molar-refractivity contribution in [2.75, 3.05) is 31.6 Å². The summed E-state index contributed by atoms with van der Waals surface area (Å²) in [6.07, 6.45) is 2.20. The summed E-state index contributed by atoms with van der Waals surface area (Å²) in [5, 5.41) is 7.28. The molecule has 0 saturated carbocycles. The fourth-order valence-electron chi connectivity index (χ4n) is 3.06. The number of anilines is 1. The van der Waals surface area contributed by atoms with Crippen LogP contribution >= 0.6 is 11.3 Å². The summed E-state index contributed by atoms with van der Waals surface area (Å²) in [6.45, 7) is 2.19. The van der Waals surface area contributed by atoms with Gasteiger partial charge in [0.05, 0.1) is 19.2 Å². The van der Waals surface area contributed by atoms with Crippen molar-refractivity contribution in [1.29, 1.82) is 0 Å². The summed E-state index contributed by atoms with van der Waals surface area (Å²) in [6, 6.07) is 9.51. The minimum atomic E-state index is -0.372. The monoisotopic (exact) mass is 405 g/mol. The summed E-state index contributed by atoms with van der Waals surface area (Å²) in [5.74, 6) is -0.948. The minimum Gasteiger partial charge on any atom is -0.377 e. The molecule has 0 bridgehead atoms. The number of nitrogens with zero attached hydrogens (tertiary/aromatic N) is 1. The Morgan fingerprint density at radius 2 is 2.04 bits per heavy atom. The van der Waals surface area contributed by atoms with Crippen molar-refractivity contribution >= 4 is 28.8 Å². The van der Waals surface area contributed by atoms with Crippen molar-refractivity contribution in [1.82, 2.24) is 10.2 Å². The Hall–Kier alpha value is -2.29. The van der Waals surface area contributed by atoms with Gasteiger partial charge >= 0.3 is 0 Å². The highest BCUT2D eigenvalue weighted by Crippen LogP contribution is 2.17. The maximum absolute atomic E-state index is 12.9. The number of amides is 2. The van der Waals surface area contributed by atoms with Crippen molar-refractivity contribution in [2.24, 2.45) is 0 Å². The van der Waals surface area contributed by atoms with E-state index in [0.29, 0.717) is 18.8 Å². The predicted molar refractivity (Wildman–Crippen MR) is 107 cm³/mol. The highest BCUT2D eigenvalue weighted by atomic mass is 32.1. The number of benzene rings is 1. The standard InChI is InChI=1S/C20H24FN3O3S/c21-15-5-7-16(8-6-15)23-19(25)11-22-20(26)14-24(12-17-3-1-9-27-17)13-18-4-2-10-28-18/h2,4-8,10,17H,1,3,9,11-14H2,(H,22,26)(H,23,25)/t17-/m0/s1. The van der Waals surface area contributed by atoms with Crippen molar-refractivity contribution in [2.45, 2.75) is 25.5 Å². The zero-order valence-corrected chi connectivity index (χ0v) is 16.3. The number of nitrogens with one attached hydrogen (secondary N) is 2. The van der Waals surface area contributed by atoms with Crippen LogP contribution in [0, 0.1) is 5.82 Å². The van der Waals surface area contributed by atoms with Crippen LogP contribution in [0.1, 0.15) is 17.7 Å². The lowest BCUT2D eigenvalue weighted by molar-refractivity contribution is -0.125. The van der Waals surface area contributed by atoms with Gasteiger partial charge in [0.1, 0.15) is 5.82 Å². The molecule has 1 atom stereocenters. The molecular formula is C20H24FN3O3S. The van der Waals surface area contributed by atoms with Crippen LogP contribution in [0.4, 0.5) is 10.1 Å². The van der Waals surface area contributed by atoms with Crippen molar-refractivity contribution in [3.05, 3.63) is 52.5 Å². The topological polar surface area (TPSA) is 70.7 Å². The van der Waals surface area contributed by atoms with E-state index < -0.39 is 0 Å². The average molecular weight is 405 g/mol. The number of ether oxygens (including phenoxy) is 1. The molecule has 3 rings (SSSR count). The van der Waals surface area contributed by atoms with E-state index in [1.165, 1.54) is 29.1 Å². The maximum Gasteiger partial charge on any atom is 0.243 e. The van der Waals surface area contributed by atoms with Gasteiger partial charge in [-0.25, -0.2) is 4.39 Å². The van der Waals surface area contributed by atoms with Gasteiger partial charge in [0.15, 0.2) is 0 Å². The van der Waals surface area contributed by atoms with Crippen LogP contribution in [0.15, 0.2) is 41.8 Å². The summed E-state index contributed by atoms with van der Waals surface area (Å²) in [4.78, 5) is 27.5. The lowest BCUT2D eigenvalue weighted by Crippen LogP contribution is -2.42. The molecule has 0 aliphatic carbocycles. The zero-order valence-electron chi connectivity index (χ0n) is 15.5. The van der Waals surface area contributed by atoms with Gasteiger partial charge in [0.25, 0.3) is 0 Å². The second-order valence-electron chi connectivity index (χ2n) is 6.72. The van der Waals surface area contributed by atoms with E-state index in [2.05, 4.69) is 15.5 Å². The smallest absolute Gasteiger partial charge is 0.243 e. The molecule has 2 N–H and O–H groups in total. The van der Waals surface area contributed by atoms with Crippen LogP contribution in [-0.2, 0) is 20.9 Å². The number of hydrogen-bond donors (Lipinski definition) is 2. The van der Waals surface area contributed by atoms with Crippen LogP contribution in [0.3, 0.4) is 0 Å². The molecule has 6 nitrogen and oxygen atoms in total. The Morgan fingerprint density at radius 1 is 1.21 bits per heavy atom. The predicted octanol–water partition coefficient (Wildman–Crippen LogP) is 2.62. The van der Waals surface area contributed by atoms with Crippen LogP contribution in [0.2, 0.25) is 0 Å². The van der Waals surface area contributed by atoms with Gasteiger partial charge in [0.2, 0.25) is 11.8 Å². The molecule has 1 aromatic heterocycles. The van der Waals surface area contributed by atoms with Crippen LogP contribution < -0.4 is 10.6 Å². The van der Waals surface area contributed by atoms with Crippen molar-refractivity contribution in [3.63, 3.8) is 0 Å². The molecule has 0 unspecified atom stereocenters. The summed E-state index contributed by atoms with van der Waals surface area (Å²) >= 11 is 1.65. The number of carbonyl (C=O) groups is 2. The van der Waals surface area contributed by atoms with E-state index in [0.717, 1.165) is 19.4 Å². The molecule has 2 amide bonds. The van der Waals surface area contributed by atoms with Gasteiger partial charge in [-0.05, 0) is 48.6 Å². The maximum atomic E-state index is 12.9. The Kier molecular flexibility index (Phi) is 7.53. The number of rotatable bonds is 9. The van der Waals surface area contributed by atoms with Gasteiger partial charge in [-0.1, -0.05) is 6.07 Å². The molecular weight excluding hydrogens is 381 g/mol. The Bertz CT molecular complexity index is 762. The third-order valence-electron chi connectivity index (χ3n) is 4.39. The van der Waals surface area contributed by atoms with Gasteiger partial charge in [-0.15, -0.1) is 11.3 Å². The largest absolute Gasteiger partial charge is 0.377 e. The molecule has 1 saturated heterocycles. The van der Waals surface area contributed by atoms with E-state index in [4.69, 9.17) is 4.74 Å². The first kappa shape index (κ1) is 20.4. The SMILES string of the molecule is O=C(CN(Cc1cccs1)C[C@@H]1CCCO1)NCC(=O)Nc1ccc(F)cc1. The second kappa shape index (κ2) is 10.3. The van der Waals surface area contributed by atoms with Crippen LogP contribution in [0.5, 0.6) is 0 Å². The molecule has 2 heterocycles. The lowest BCUT2D eigenvalue weighted by atomic mass is 10.2. The highest BCUT2D eigenvalue weighted by Gasteiger charge is 2.21. The normalized spacial score (nSPS) is 16.3. The Balaban J connectivity index is 1.46. The zero-order chi connectivity index (χ0) is 19.8. The Labute approximate surface area is 167 Å². The molecule has 0 spiro atoms. The van der Waals surface area contributed by atoms with E-state index >= 15 is 0 Å². The number of hydrogen-bond acceptors (Lipinski definition) is 5. The summed E-state index contributed by atoms with van der Waals surface area (Å²) in [7, 11) is 0. The molecule has 2 aromatic rings. The third-order valence-corrected chi connectivity index (χ3v) is 5.25. The van der Waals surface area contributed by atoms with E-state index in [9.17, 15) is 14.0 Å². The van der Waals surface area contributed by atoms with E-state index in [1.807, 2.05) is 17.5 Å². The molecule has 1 fully saturated rings. The number of carbonyl (C=O) groups excluding carboxylic acids is 2. The second-order valence-corrected chi connectivity index (χ2v) is 7.75. The lowest BCUT2D eigenvalue weighted by Gasteiger charge is -2.24. The fourth-order valence-corrected chi connectivity index (χ4v) is 3.81. The van der Waals surface area contributed by atoms with Gasteiger partial charge < -0.3 is 15.4 Å². The molecule has 1 aliphatic heterocycles. The molecule has 0 radical (unpaired) electrons. The first-order chi connectivity index (χ1) is 13.6. The van der Waals surface area contributed by atoms with Gasteiger partial charge in [-0.2, -0.15) is 0 Å². The van der Waals surface area contributed by atoms with Crippen molar-refractivity contribution in [3.8, 4) is 0 Å².